The number of rotatable bonds is 2. The van der Waals surface area contributed by atoms with Gasteiger partial charge in [-0.1, -0.05) is 6.58 Å². The Balaban J connectivity index is 2.89. The summed E-state index contributed by atoms with van der Waals surface area (Å²) in [5.41, 5.74) is 0. The van der Waals surface area contributed by atoms with Crippen LogP contribution in [0.15, 0.2) is 30.9 Å². The molecule has 4 nitrogen and oxygen atoms in total. The Morgan fingerprint density at radius 3 is 2.31 bits per heavy atom. The van der Waals surface area contributed by atoms with Crippen molar-refractivity contribution in [3.8, 4) is 17.2 Å². The van der Waals surface area contributed by atoms with Gasteiger partial charge in [-0.2, -0.15) is 0 Å². The van der Waals surface area contributed by atoms with Gasteiger partial charge < -0.3 is 14.9 Å². The van der Waals surface area contributed by atoms with E-state index in [2.05, 4.69) is 11.3 Å². The summed E-state index contributed by atoms with van der Waals surface area (Å²) in [4.78, 5) is 10.7. The molecular weight excluding hydrogens is 172 g/mol. The molecule has 2 N–H and O–H groups in total. The number of esters is 1. The van der Waals surface area contributed by atoms with Gasteiger partial charge in [0, 0.05) is 24.3 Å². The molecule has 0 aromatic heterocycles. The van der Waals surface area contributed by atoms with Crippen molar-refractivity contribution in [1.29, 1.82) is 0 Å². The van der Waals surface area contributed by atoms with Crippen molar-refractivity contribution >= 4 is 5.97 Å². The average molecular weight is 180 g/mol. The molecule has 1 aromatic rings. The van der Waals surface area contributed by atoms with Gasteiger partial charge in [0.2, 0.25) is 0 Å². The van der Waals surface area contributed by atoms with Crippen LogP contribution in [0.5, 0.6) is 17.2 Å². The summed E-state index contributed by atoms with van der Waals surface area (Å²) < 4.78 is 4.65. The average Bonchev–Trinajstić information content (AvgIpc) is 2.02. The number of benzene rings is 1. The molecular formula is C9H8O4. The van der Waals surface area contributed by atoms with Crippen LogP contribution >= 0.6 is 0 Å². The zero-order chi connectivity index (χ0) is 9.84. The molecule has 0 spiro atoms. The van der Waals surface area contributed by atoms with Crippen LogP contribution in [0.1, 0.15) is 0 Å². The molecule has 0 bridgehead atoms. The molecule has 0 fully saturated rings. The molecule has 0 radical (unpaired) electrons. The Morgan fingerprint density at radius 2 is 1.85 bits per heavy atom. The molecule has 0 heterocycles. The second-order valence-corrected chi connectivity index (χ2v) is 2.31. The number of hydrogen-bond donors (Lipinski definition) is 2. The number of carbonyl (C=O) groups excluding carboxylic acids is 1. The predicted octanol–water partition coefficient (Wildman–Crippen LogP) is 1.19. The van der Waals surface area contributed by atoms with E-state index in [-0.39, 0.29) is 17.2 Å². The first-order valence-electron chi connectivity index (χ1n) is 3.49. The smallest absolute Gasteiger partial charge is 0.335 e. The third kappa shape index (κ3) is 2.52. The fourth-order valence-electron chi connectivity index (χ4n) is 0.785. The Bertz CT molecular complexity index is 323. The molecule has 4 heteroatoms. The van der Waals surface area contributed by atoms with Gasteiger partial charge in [-0.05, 0) is 0 Å². The molecule has 1 rings (SSSR count). The second kappa shape index (κ2) is 3.62. The van der Waals surface area contributed by atoms with E-state index < -0.39 is 5.97 Å². The van der Waals surface area contributed by atoms with E-state index in [1.54, 1.807) is 0 Å². The van der Waals surface area contributed by atoms with Crippen LogP contribution in [0, 0.1) is 0 Å². The van der Waals surface area contributed by atoms with Crippen LogP contribution in [0.3, 0.4) is 0 Å². The van der Waals surface area contributed by atoms with Crippen molar-refractivity contribution in [2.45, 2.75) is 0 Å². The molecule has 0 saturated carbocycles. The van der Waals surface area contributed by atoms with Gasteiger partial charge in [0.25, 0.3) is 0 Å². The Kier molecular flexibility index (Phi) is 2.54. The topological polar surface area (TPSA) is 66.8 Å². The summed E-state index contributed by atoms with van der Waals surface area (Å²) in [6.07, 6.45) is 0.987. The van der Waals surface area contributed by atoms with E-state index in [0.717, 1.165) is 12.1 Å². The molecule has 68 valence electrons. The lowest BCUT2D eigenvalue weighted by Gasteiger charge is -2.02. The predicted molar refractivity (Wildman–Crippen MR) is 45.6 cm³/mol. The summed E-state index contributed by atoms with van der Waals surface area (Å²) in [6.45, 7) is 3.20. The van der Waals surface area contributed by atoms with Crippen molar-refractivity contribution in [2.75, 3.05) is 0 Å². The maximum Gasteiger partial charge on any atom is 0.335 e. The van der Waals surface area contributed by atoms with Crippen molar-refractivity contribution in [3.05, 3.63) is 30.9 Å². The van der Waals surface area contributed by atoms with Crippen LogP contribution in [0.4, 0.5) is 0 Å². The van der Waals surface area contributed by atoms with Crippen LogP contribution in [-0.4, -0.2) is 16.2 Å². The molecule has 0 saturated heterocycles. The lowest BCUT2D eigenvalue weighted by Crippen LogP contribution is -2.02. The number of phenols is 2. The normalized spacial score (nSPS) is 9.23. The van der Waals surface area contributed by atoms with E-state index in [0.29, 0.717) is 0 Å². The zero-order valence-corrected chi connectivity index (χ0v) is 6.73. The number of hydrogen-bond acceptors (Lipinski definition) is 4. The fourth-order valence-corrected chi connectivity index (χ4v) is 0.785. The first-order valence-corrected chi connectivity index (χ1v) is 3.49. The van der Waals surface area contributed by atoms with Gasteiger partial charge in [-0.3, -0.25) is 0 Å². The van der Waals surface area contributed by atoms with E-state index in [4.69, 9.17) is 10.2 Å². The van der Waals surface area contributed by atoms with Crippen molar-refractivity contribution in [1.82, 2.24) is 0 Å². The minimum atomic E-state index is -0.648. The zero-order valence-electron chi connectivity index (χ0n) is 6.73. The van der Waals surface area contributed by atoms with Crippen LogP contribution in [-0.2, 0) is 4.79 Å². The highest BCUT2D eigenvalue weighted by Gasteiger charge is 2.02. The first kappa shape index (κ1) is 9.12. The van der Waals surface area contributed by atoms with Gasteiger partial charge in [-0.25, -0.2) is 4.79 Å². The number of phenolic OH excluding ortho intramolecular Hbond substituents is 2. The molecule has 1 aromatic carbocycles. The van der Waals surface area contributed by atoms with Crippen LogP contribution in [0.2, 0.25) is 0 Å². The largest absolute Gasteiger partial charge is 0.508 e. The van der Waals surface area contributed by atoms with Gasteiger partial charge in [0.1, 0.15) is 17.2 Å². The monoisotopic (exact) mass is 180 g/mol. The summed E-state index contributed by atoms with van der Waals surface area (Å²) in [6, 6.07) is 3.55. The standard InChI is InChI=1S/C9H8O4/c1-2-9(12)13-8-4-6(10)3-7(11)5-8/h2-5,10-11H,1H2. The van der Waals surface area contributed by atoms with Gasteiger partial charge in [0.15, 0.2) is 0 Å². The van der Waals surface area contributed by atoms with Gasteiger partial charge >= 0.3 is 5.97 Å². The number of aromatic hydroxyl groups is 2. The van der Waals surface area contributed by atoms with Gasteiger partial charge in [0.05, 0.1) is 0 Å². The summed E-state index contributed by atoms with van der Waals surface area (Å²) >= 11 is 0. The highest BCUT2D eigenvalue weighted by atomic mass is 16.5. The molecule has 0 atom stereocenters. The molecule has 13 heavy (non-hydrogen) atoms. The maximum absolute atomic E-state index is 10.7. The number of carbonyl (C=O) groups is 1. The lowest BCUT2D eigenvalue weighted by atomic mass is 10.3. The highest BCUT2D eigenvalue weighted by molar-refractivity contribution is 5.83. The minimum absolute atomic E-state index is 0.0717. The van der Waals surface area contributed by atoms with E-state index >= 15 is 0 Å². The fraction of sp³-hybridized carbons (Fsp3) is 0. The van der Waals surface area contributed by atoms with E-state index in [1.165, 1.54) is 12.1 Å². The van der Waals surface area contributed by atoms with Crippen molar-refractivity contribution in [3.63, 3.8) is 0 Å². The Labute approximate surface area is 74.7 Å². The molecule has 0 aliphatic heterocycles. The Morgan fingerprint density at radius 1 is 1.31 bits per heavy atom. The quantitative estimate of drug-likeness (QED) is 0.407. The van der Waals surface area contributed by atoms with Crippen molar-refractivity contribution in [2.24, 2.45) is 0 Å². The third-order valence-corrected chi connectivity index (χ3v) is 1.26. The number of ether oxygens (including phenoxy) is 1. The van der Waals surface area contributed by atoms with Crippen LogP contribution < -0.4 is 4.74 Å². The summed E-state index contributed by atoms with van der Waals surface area (Å²) in [5.74, 6) is -0.925. The third-order valence-electron chi connectivity index (χ3n) is 1.26. The molecule has 0 aliphatic carbocycles. The van der Waals surface area contributed by atoms with E-state index in [1.807, 2.05) is 0 Å². The SMILES string of the molecule is C=CC(=O)Oc1cc(O)cc(O)c1. The lowest BCUT2D eigenvalue weighted by molar-refractivity contribution is -0.128. The Hall–Kier alpha value is -1.97. The highest BCUT2D eigenvalue weighted by Crippen LogP contribution is 2.25. The van der Waals surface area contributed by atoms with Gasteiger partial charge in [-0.15, -0.1) is 0 Å². The van der Waals surface area contributed by atoms with E-state index in [9.17, 15) is 4.79 Å². The summed E-state index contributed by atoms with van der Waals surface area (Å²) in [5, 5.41) is 18.0. The second-order valence-electron chi connectivity index (χ2n) is 2.31. The summed E-state index contributed by atoms with van der Waals surface area (Å²) in [7, 11) is 0. The first-order chi connectivity index (χ1) is 6.11. The van der Waals surface area contributed by atoms with Crippen LogP contribution in [0.25, 0.3) is 0 Å². The molecule has 0 amide bonds. The minimum Gasteiger partial charge on any atom is -0.508 e. The molecule has 0 unspecified atom stereocenters. The molecule has 0 aliphatic rings. The maximum atomic E-state index is 10.7. The van der Waals surface area contributed by atoms with Crippen molar-refractivity contribution < 1.29 is 19.7 Å².